The van der Waals surface area contributed by atoms with Gasteiger partial charge in [-0.15, -0.1) is 11.6 Å². The predicted molar refractivity (Wildman–Crippen MR) is 84.0 cm³/mol. The van der Waals surface area contributed by atoms with Crippen LogP contribution in [0.3, 0.4) is 0 Å². The first-order valence-electron chi connectivity index (χ1n) is 6.80. The maximum Gasteiger partial charge on any atom is 0.123 e. The Morgan fingerprint density at radius 3 is 2.90 bits per heavy atom. The monoisotopic (exact) mass is 301 g/mol. The van der Waals surface area contributed by atoms with Crippen LogP contribution in [0.4, 0.5) is 0 Å². The molecule has 0 amide bonds. The fourth-order valence-electron chi connectivity index (χ4n) is 2.49. The number of benzene rings is 1. The molecule has 108 valence electrons. The van der Waals surface area contributed by atoms with Gasteiger partial charge in [0.05, 0.1) is 25.4 Å². The zero-order valence-electron chi connectivity index (χ0n) is 11.8. The van der Waals surface area contributed by atoms with Crippen molar-refractivity contribution < 1.29 is 4.74 Å². The van der Waals surface area contributed by atoms with Gasteiger partial charge in [-0.25, -0.2) is 4.98 Å². The lowest BCUT2D eigenvalue weighted by molar-refractivity contribution is 0.408. The molecule has 0 spiro atoms. The molecule has 3 aromatic rings. The first kappa shape index (κ1) is 13.9. The highest BCUT2D eigenvalue weighted by Crippen LogP contribution is 2.23. The minimum atomic E-state index is 0.544. The van der Waals surface area contributed by atoms with E-state index in [1.165, 1.54) is 0 Å². The first-order valence-corrected chi connectivity index (χ1v) is 7.34. The number of hydrogen-bond donors (Lipinski definition) is 0. The van der Waals surface area contributed by atoms with Gasteiger partial charge in [-0.05, 0) is 12.1 Å². The summed E-state index contributed by atoms with van der Waals surface area (Å²) < 4.78 is 7.61. The summed E-state index contributed by atoms with van der Waals surface area (Å²) in [6.45, 7) is 0.705. The molecule has 0 saturated carbocycles. The topological polar surface area (TPSA) is 39.9 Å². The number of aromatic nitrogens is 3. The van der Waals surface area contributed by atoms with Gasteiger partial charge in [-0.2, -0.15) is 0 Å². The number of nitrogens with zero attached hydrogens (tertiary/aromatic N) is 3. The maximum atomic E-state index is 5.90. The number of halogens is 1. The third-order valence-electron chi connectivity index (χ3n) is 3.47. The van der Waals surface area contributed by atoms with E-state index in [2.05, 4.69) is 20.6 Å². The van der Waals surface area contributed by atoms with Crippen molar-refractivity contribution in [1.82, 2.24) is 14.5 Å². The Balaban J connectivity index is 2.08. The van der Waals surface area contributed by atoms with Crippen LogP contribution < -0.4 is 4.74 Å². The van der Waals surface area contributed by atoms with Crippen LogP contribution in [0.5, 0.6) is 5.75 Å². The van der Waals surface area contributed by atoms with Gasteiger partial charge < -0.3 is 9.30 Å². The summed E-state index contributed by atoms with van der Waals surface area (Å²) in [5.74, 6) is 2.40. The molecule has 2 aromatic heterocycles. The molecule has 1 aromatic carbocycles. The highest BCUT2D eigenvalue weighted by Gasteiger charge is 2.12. The van der Waals surface area contributed by atoms with Crippen molar-refractivity contribution in [1.29, 1.82) is 0 Å². The number of pyridine rings is 1. The second kappa shape index (κ2) is 6.14. The highest BCUT2D eigenvalue weighted by molar-refractivity contribution is 6.17. The van der Waals surface area contributed by atoms with Gasteiger partial charge in [0, 0.05) is 24.1 Å². The molecule has 0 fully saturated rings. The van der Waals surface area contributed by atoms with Crippen molar-refractivity contribution in [2.24, 2.45) is 0 Å². The van der Waals surface area contributed by atoms with Crippen LogP contribution in [0.25, 0.3) is 11.0 Å². The van der Waals surface area contributed by atoms with E-state index in [-0.39, 0.29) is 0 Å². The molecule has 0 aliphatic heterocycles. The molecule has 3 rings (SSSR count). The minimum absolute atomic E-state index is 0.544. The van der Waals surface area contributed by atoms with E-state index in [9.17, 15) is 0 Å². The summed E-state index contributed by atoms with van der Waals surface area (Å²) in [4.78, 5) is 8.76. The number of ether oxygens (including phenoxy) is 1. The van der Waals surface area contributed by atoms with Crippen molar-refractivity contribution in [2.75, 3.05) is 13.0 Å². The smallest absolute Gasteiger partial charge is 0.123 e. The summed E-state index contributed by atoms with van der Waals surface area (Å²) in [5.41, 5.74) is 3.08. The van der Waals surface area contributed by atoms with E-state index in [0.717, 1.165) is 34.6 Å². The van der Waals surface area contributed by atoms with Gasteiger partial charge in [0.15, 0.2) is 0 Å². The molecule has 0 atom stereocenters. The van der Waals surface area contributed by atoms with Crippen LogP contribution in [0, 0.1) is 0 Å². The van der Waals surface area contributed by atoms with Crippen LogP contribution in [0.2, 0.25) is 0 Å². The number of imidazole rings is 1. The first-order chi connectivity index (χ1) is 10.3. The Kier molecular flexibility index (Phi) is 4.06. The number of methoxy groups -OCH3 is 1. The van der Waals surface area contributed by atoms with E-state index in [1.807, 2.05) is 24.3 Å². The third kappa shape index (κ3) is 2.72. The van der Waals surface area contributed by atoms with Crippen molar-refractivity contribution in [3.63, 3.8) is 0 Å². The van der Waals surface area contributed by atoms with Crippen LogP contribution >= 0.6 is 11.6 Å². The lowest BCUT2D eigenvalue weighted by Crippen LogP contribution is -2.07. The van der Waals surface area contributed by atoms with Gasteiger partial charge in [-0.1, -0.05) is 18.2 Å². The highest BCUT2D eigenvalue weighted by atomic mass is 35.5. The number of fused-ring (bicyclic) bond motifs is 1. The third-order valence-corrected chi connectivity index (χ3v) is 3.66. The number of aryl methyl sites for hydroxylation is 1. The van der Waals surface area contributed by atoms with Gasteiger partial charge in [0.1, 0.15) is 17.1 Å². The van der Waals surface area contributed by atoms with E-state index in [1.54, 1.807) is 19.5 Å². The maximum absolute atomic E-state index is 5.90. The molecule has 0 aliphatic carbocycles. The normalized spacial score (nSPS) is 11.0. The molecule has 2 heterocycles. The summed E-state index contributed by atoms with van der Waals surface area (Å²) >= 11 is 5.90. The average Bonchev–Trinajstić information content (AvgIpc) is 2.86. The van der Waals surface area contributed by atoms with Crippen molar-refractivity contribution in [3.8, 4) is 5.75 Å². The predicted octanol–water partition coefficient (Wildman–Crippen LogP) is 3.27. The Morgan fingerprint density at radius 2 is 2.10 bits per heavy atom. The van der Waals surface area contributed by atoms with Gasteiger partial charge >= 0.3 is 0 Å². The Bertz CT molecular complexity index is 754. The zero-order chi connectivity index (χ0) is 14.7. The number of alkyl halides is 1. The average molecular weight is 302 g/mol. The van der Waals surface area contributed by atoms with E-state index >= 15 is 0 Å². The molecule has 21 heavy (non-hydrogen) atoms. The molecule has 0 bridgehead atoms. The molecule has 0 saturated heterocycles. The molecule has 4 nitrogen and oxygen atoms in total. The minimum Gasteiger partial charge on any atom is -0.496 e. The van der Waals surface area contributed by atoms with Crippen molar-refractivity contribution >= 4 is 22.6 Å². The summed E-state index contributed by atoms with van der Waals surface area (Å²) in [6.07, 6.45) is 4.30. The fourth-order valence-corrected chi connectivity index (χ4v) is 2.66. The lowest BCUT2D eigenvalue weighted by atomic mass is 10.2. The fraction of sp³-hybridized carbons (Fsp3) is 0.250. The quantitative estimate of drug-likeness (QED) is 0.679. The molecule has 5 heteroatoms. The lowest BCUT2D eigenvalue weighted by Gasteiger charge is -2.12. The largest absolute Gasteiger partial charge is 0.496 e. The molecular formula is C16H16ClN3O. The van der Waals surface area contributed by atoms with E-state index < -0.39 is 0 Å². The van der Waals surface area contributed by atoms with Crippen LogP contribution in [-0.2, 0) is 13.0 Å². The van der Waals surface area contributed by atoms with Gasteiger partial charge in [0.25, 0.3) is 0 Å². The van der Waals surface area contributed by atoms with Crippen molar-refractivity contribution in [2.45, 2.75) is 13.0 Å². The van der Waals surface area contributed by atoms with E-state index in [4.69, 9.17) is 16.3 Å². The standard InChI is InChI=1S/C16H16ClN3O/c1-21-15-5-3-2-4-12(15)11-20-14-7-9-18-10-13(14)19-16(20)6-8-17/h2-5,7,9-10H,6,8,11H2,1H3. The molecule has 0 radical (unpaired) electrons. The van der Waals surface area contributed by atoms with Crippen molar-refractivity contribution in [3.05, 3.63) is 54.1 Å². The Hall–Kier alpha value is -2.07. The van der Waals surface area contributed by atoms with Gasteiger partial charge in [-0.3, -0.25) is 4.98 Å². The summed E-state index contributed by atoms with van der Waals surface area (Å²) in [5, 5.41) is 0. The number of rotatable bonds is 5. The van der Waals surface area contributed by atoms with Crippen LogP contribution in [0.15, 0.2) is 42.7 Å². The molecule has 0 unspecified atom stereocenters. The molecule has 0 N–H and O–H groups in total. The van der Waals surface area contributed by atoms with E-state index in [0.29, 0.717) is 12.4 Å². The Morgan fingerprint density at radius 1 is 1.24 bits per heavy atom. The van der Waals surface area contributed by atoms with Crippen LogP contribution in [0.1, 0.15) is 11.4 Å². The zero-order valence-corrected chi connectivity index (χ0v) is 12.5. The number of para-hydroxylation sites is 1. The second-order valence-corrected chi connectivity index (χ2v) is 5.11. The van der Waals surface area contributed by atoms with Gasteiger partial charge in [0.2, 0.25) is 0 Å². The summed E-state index contributed by atoms with van der Waals surface area (Å²) in [7, 11) is 1.69. The second-order valence-electron chi connectivity index (χ2n) is 4.73. The number of hydrogen-bond acceptors (Lipinski definition) is 3. The molecule has 0 aliphatic rings. The summed E-state index contributed by atoms with van der Waals surface area (Å²) in [6, 6.07) is 10.0. The Labute approximate surface area is 128 Å². The van der Waals surface area contributed by atoms with Crippen LogP contribution in [-0.4, -0.2) is 27.5 Å². The molecular weight excluding hydrogens is 286 g/mol. The SMILES string of the molecule is COc1ccccc1Cn1c(CCCl)nc2cnccc21.